The second-order valence-corrected chi connectivity index (χ2v) is 7.82. The fraction of sp³-hybridized carbons (Fsp3) is 0.650. The zero-order chi connectivity index (χ0) is 17.3. The summed E-state index contributed by atoms with van der Waals surface area (Å²) in [6.45, 7) is 4.81. The van der Waals surface area contributed by atoms with Crippen LogP contribution < -0.4 is 4.90 Å². The van der Waals surface area contributed by atoms with Gasteiger partial charge in [0.05, 0.1) is 11.1 Å². The Balaban J connectivity index is 1.24. The molecule has 2 saturated heterocycles. The molecule has 4 rings (SSSR count). The maximum atomic E-state index is 12.2. The number of benzene rings is 1. The highest BCUT2D eigenvalue weighted by Crippen LogP contribution is 2.48. The number of hydrogen-bond acceptors (Lipinski definition) is 5. The van der Waals surface area contributed by atoms with E-state index in [9.17, 15) is 9.90 Å². The molecular weight excluding hydrogens is 316 g/mol. The van der Waals surface area contributed by atoms with Gasteiger partial charge in [0.2, 0.25) is 0 Å². The highest BCUT2D eigenvalue weighted by molar-refractivity contribution is 5.79. The molecule has 2 heterocycles. The van der Waals surface area contributed by atoms with Gasteiger partial charge in [-0.3, -0.25) is 9.69 Å². The molecular formula is C20H28N2O3. The first-order valence-corrected chi connectivity index (χ1v) is 9.63. The lowest BCUT2D eigenvalue weighted by Crippen LogP contribution is -2.47. The molecule has 1 aromatic carbocycles. The Morgan fingerprint density at radius 2 is 1.84 bits per heavy atom. The molecule has 136 valence electrons. The molecule has 1 N–H and O–H groups in total. The Kier molecular flexibility index (Phi) is 4.59. The first-order valence-electron chi connectivity index (χ1n) is 9.63. The lowest BCUT2D eigenvalue weighted by molar-refractivity contribution is -0.148. The fourth-order valence-electron chi connectivity index (χ4n) is 4.73. The van der Waals surface area contributed by atoms with Crippen molar-refractivity contribution in [3.63, 3.8) is 0 Å². The number of ether oxygens (including phenoxy) is 1. The van der Waals surface area contributed by atoms with Gasteiger partial charge in [-0.15, -0.1) is 0 Å². The Labute approximate surface area is 149 Å². The van der Waals surface area contributed by atoms with E-state index in [4.69, 9.17) is 4.74 Å². The average Bonchev–Trinajstić information content (AvgIpc) is 3.22. The third kappa shape index (κ3) is 3.34. The molecule has 2 aliphatic heterocycles. The number of nitrogens with zero attached hydrogens (tertiary/aromatic N) is 2. The topological polar surface area (TPSA) is 53.0 Å². The molecule has 3 fully saturated rings. The smallest absolute Gasteiger partial charge is 0.312 e. The number of para-hydroxylation sites is 2. The monoisotopic (exact) mass is 344 g/mol. The second kappa shape index (κ2) is 6.87. The van der Waals surface area contributed by atoms with Gasteiger partial charge in [-0.1, -0.05) is 25.0 Å². The van der Waals surface area contributed by atoms with Crippen molar-refractivity contribution in [2.75, 3.05) is 37.6 Å². The summed E-state index contributed by atoms with van der Waals surface area (Å²) in [7, 11) is 0. The highest BCUT2D eigenvalue weighted by Gasteiger charge is 2.50. The van der Waals surface area contributed by atoms with Crippen molar-refractivity contribution in [3.05, 3.63) is 24.3 Å². The molecule has 0 unspecified atom stereocenters. The summed E-state index contributed by atoms with van der Waals surface area (Å²) in [6, 6.07) is 7.54. The zero-order valence-electron chi connectivity index (χ0n) is 14.8. The minimum Gasteiger partial charge on any atom is -0.506 e. The lowest BCUT2D eigenvalue weighted by atomic mass is 9.83. The van der Waals surface area contributed by atoms with Crippen LogP contribution in [0.3, 0.4) is 0 Å². The molecule has 1 aliphatic carbocycles. The number of esters is 1. The van der Waals surface area contributed by atoms with Crippen LogP contribution in [0.1, 0.15) is 38.5 Å². The molecule has 0 amide bonds. The van der Waals surface area contributed by atoms with E-state index in [1.54, 1.807) is 6.07 Å². The average molecular weight is 344 g/mol. The summed E-state index contributed by atoms with van der Waals surface area (Å²) in [5.41, 5.74) is 0.795. The number of carbonyl (C=O) groups excluding carboxylic acids is 1. The number of hydrogen-bond donors (Lipinski definition) is 1. The number of rotatable bonds is 4. The molecule has 5 nitrogen and oxygen atoms in total. The van der Waals surface area contributed by atoms with Crippen LogP contribution in [-0.2, 0) is 9.53 Å². The van der Waals surface area contributed by atoms with Crippen LogP contribution in [0, 0.1) is 5.41 Å². The van der Waals surface area contributed by atoms with E-state index >= 15 is 0 Å². The largest absolute Gasteiger partial charge is 0.506 e. The molecule has 1 spiro atoms. The SMILES string of the molecule is O=C1O[C@@H](CCN2CCN(c3ccccc3O)CC2)CC12CCCC2. The van der Waals surface area contributed by atoms with Crippen LogP contribution in [0.25, 0.3) is 0 Å². The molecule has 5 heteroatoms. The lowest BCUT2D eigenvalue weighted by Gasteiger charge is -2.36. The van der Waals surface area contributed by atoms with Crippen molar-refractivity contribution in [1.82, 2.24) is 4.90 Å². The van der Waals surface area contributed by atoms with Gasteiger partial charge >= 0.3 is 5.97 Å². The minimum atomic E-state index is -0.131. The summed E-state index contributed by atoms with van der Waals surface area (Å²) in [5, 5.41) is 10.00. The maximum absolute atomic E-state index is 12.2. The number of cyclic esters (lactones) is 1. The van der Waals surface area contributed by atoms with Crippen molar-refractivity contribution in [3.8, 4) is 5.75 Å². The van der Waals surface area contributed by atoms with Gasteiger partial charge in [0.25, 0.3) is 0 Å². The first-order chi connectivity index (χ1) is 12.2. The zero-order valence-corrected chi connectivity index (χ0v) is 14.8. The van der Waals surface area contributed by atoms with Crippen molar-refractivity contribution in [2.24, 2.45) is 5.41 Å². The van der Waals surface area contributed by atoms with E-state index < -0.39 is 0 Å². The molecule has 1 aromatic rings. The van der Waals surface area contributed by atoms with E-state index in [2.05, 4.69) is 9.80 Å². The fourth-order valence-corrected chi connectivity index (χ4v) is 4.73. The summed E-state index contributed by atoms with van der Waals surface area (Å²) in [6.07, 6.45) is 6.41. The van der Waals surface area contributed by atoms with Crippen molar-refractivity contribution >= 4 is 11.7 Å². The normalized spacial score (nSPS) is 26.3. The maximum Gasteiger partial charge on any atom is 0.312 e. The van der Waals surface area contributed by atoms with Crippen LogP contribution in [0.15, 0.2) is 24.3 Å². The molecule has 1 atom stereocenters. The number of anilines is 1. The predicted octanol–water partition coefficient (Wildman–Crippen LogP) is 2.78. The highest BCUT2D eigenvalue weighted by atomic mass is 16.6. The molecule has 1 saturated carbocycles. The summed E-state index contributed by atoms with van der Waals surface area (Å²) >= 11 is 0. The number of carbonyl (C=O) groups is 1. The van der Waals surface area contributed by atoms with Gasteiger partial charge < -0.3 is 14.7 Å². The van der Waals surface area contributed by atoms with Crippen LogP contribution in [0.4, 0.5) is 5.69 Å². The van der Waals surface area contributed by atoms with Gasteiger partial charge in [0.1, 0.15) is 11.9 Å². The van der Waals surface area contributed by atoms with Gasteiger partial charge in [-0.2, -0.15) is 0 Å². The third-order valence-corrected chi connectivity index (χ3v) is 6.25. The summed E-state index contributed by atoms with van der Waals surface area (Å²) in [5.74, 6) is 0.426. The van der Waals surface area contributed by atoms with Crippen molar-refractivity contribution < 1.29 is 14.6 Å². The van der Waals surface area contributed by atoms with Gasteiger partial charge in [0.15, 0.2) is 0 Å². The van der Waals surface area contributed by atoms with Gasteiger partial charge in [-0.05, 0) is 31.4 Å². The summed E-state index contributed by atoms with van der Waals surface area (Å²) < 4.78 is 5.69. The van der Waals surface area contributed by atoms with E-state index in [0.29, 0.717) is 5.75 Å². The van der Waals surface area contributed by atoms with E-state index in [-0.39, 0.29) is 17.5 Å². The molecule has 25 heavy (non-hydrogen) atoms. The van der Waals surface area contributed by atoms with E-state index in [0.717, 1.165) is 64.1 Å². The first kappa shape index (κ1) is 16.7. The van der Waals surface area contributed by atoms with E-state index in [1.165, 1.54) is 12.8 Å². The number of phenolic OH excluding ortho intramolecular Hbond substituents is 1. The van der Waals surface area contributed by atoms with Crippen molar-refractivity contribution in [2.45, 2.75) is 44.6 Å². The van der Waals surface area contributed by atoms with Crippen LogP contribution in [0.5, 0.6) is 5.75 Å². The van der Waals surface area contributed by atoms with Crippen molar-refractivity contribution in [1.29, 1.82) is 0 Å². The molecule has 0 radical (unpaired) electrons. The van der Waals surface area contributed by atoms with Crippen LogP contribution in [0.2, 0.25) is 0 Å². The van der Waals surface area contributed by atoms with E-state index in [1.807, 2.05) is 18.2 Å². The van der Waals surface area contributed by atoms with Gasteiger partial charge in [0, 0.05) is 39.1 Å². The Hall–Kier alpha value is -1.75. The molecule has 3 aliphatic rings. The second-order valence-electron chi connectivity index (χ2n) is 7.82. The number of piperazine rings is 1. The molecule has 0 aromatic heterocycles. The van der Waals surface area contributed by atoms with Gasteiger partial charge in [-0.25, -0.2) is 0 Å². The van der Waals surface area contributed by atoms with Crippen LogP contribution >= 0.6 is 0 Å². The minimum absolute atomic E-state index is 0.0689. The third-order valence-electron chi connectivity index (χ3n) is 6.25. The Morgan fingerprint density at radius 3 is 2.56 bits per heavy atom. The number of phenols is 1. The summed E-state index contributed by atoms with van der Waals surface area (Å²) in [4.78, 5) is 16.9. The quantitative estimate of drug-likeness (QED) is 0.851. The standard InChI is InChI=1S/C20H28N2O3/c23-18-6-2-1-5-17(18)22-13-11-21(12-14-22)10-7-16-15-20(19(24)25-16)8-3-4-9-20/h1-2,5-6,16,23H,3-4,7-15H2/t16-/m0/s1. The van der Waals surface area contributed by atoms with Crippen LogP contribution in [-0.4, -0.2) is 54.8 Å². The number of aromatic hydroxyl groups is 1. The predicted molar refractivity (Wildman–Crippen MR) is 96.8 cm³/mol. The molecule has 0 bridgehead atoms. The Bertz CT molecular complexity index is 619. The Morgan fingerprint density at radius 1 is 1.12 bits per heavy atom.